The first kappa shape index (κ1) is 22.4. The summed E-state index contributed by atoms with van der Waals surface area (Å²) in [5, 5.41) is 31.4. The van der Waals surface area contributed by atoms with E-state index in [0.29, 0.717) is 17.3 Å². The van der Waals surface area contributed by atoms with Crippen LogP contribution in [-0.2, 0) is 9.59 Å². The van der Waals surface area contributed by atoms with Crippen molar-refractivity contribution in [3.8, 4) is 0 Å². The van der Waals surface area contributed by atoms with Crippen LogP contribution in [0.5, 0.6) is 0 Å². The SMILES string of the molecule is C[C@@H](O)[C@H]1C(=O)N2C(C(=O)O)=C(S[C@@H]3CC[C@H](NC4CCN(C(=N)N)CC4)C3)[C@H](C)[C@H]12. The largest absolute Gasteiger partial charge is 0.477 e. The van der Waals surface area contributed by atoms with Gasteiger partial charge < -0.3 is 31.1 Å². The van der Waals surface area contributed by atoms with Crippen LogP contribution in [0.4, 0.5) is 0 Å². The molecular formula is C21H33N5O4S. The number of carboxylic acid groups (broad SMARTS) is 1. The van der Waals surface area contributed by atoms with Gasteiger partial charge in [0.15, 0.2) is 5.96 Å². The van der Waals surface area contributed by atoms with Crippen LogP contribution in [0, 0.1) is 17.2 Å². The summed E-state index contributed by atoms with van der Waals surface area (Å²) in [5.74, 6) is -1.77. The first-order valence-corrected chi connectivity index (χ1v) is 12.1. The smallest absolute Gasteiger partial charge is 0.353 e. The molecule has 10 heteroatoms. The maximum atomic E-state index is 12.5. The molecule has 3 fully saturated rings. The van der Waals surface area contributed by atoms with E-state index >= 15 is 0 Å². The second kappa shape index (κ2) is 8.63. The van der Waals surface area contributed by atoms with Gasteiger partial charge in [-0.3, -0.25) is 10.2 Å². The molecule has 0 aromatic heterocycles. The van der Waals surface area contributed by atoms with Gasteiger partial charge in [-0.15, -0.1) is 11.8 Å². The number of thioether (sulfide) groups is 1. The first-order valence-electron chi connectivity index (χ1n) is 11.2. The molecule has 4 rings (SSSR count). The standard InChI is InChI=1S/C21H33N5O4S/c1-10-16-15(11(2)27)19(28)26(16)17(20(29)30)18(10)31-14-4-3-13(9-14)24-12-5-7-25(8-6-12)21(22)23/h10-16,24,27H,3-9H2,1-2H3,(H3,22,23)(H,29,30)/t10-,11-,13+,14-,15-,16-/m1/s1. The van der Waals surface area contributed by atoms with Gasteiger partial charge in [-0.25, -0.2) is 4.79 Å². The molecule has 9 nitrogen and oxygen atoms in total. The third kappa shape index (κ3) is 4.05. The number of aliphatic hydroxyl groups is 1. The number of aliphatic hydroxyl groups excluding tert-OH is 1. The highest BCUT2D eigenvalue weighted by Crippen LogP contribution is 2.52. The lowest BCUT2D eigenvalue weighted by Crippen LogP contribution is -2.63. The molecule has 4 aliphatic rings. The maximum absolute atomic E-state index is 12.5. The first-order chi connectivity index (χ1) is 14.7. The molecule has 0 spiro atoms. The summed E-state index contributed by atoms with van der Waals surface area (Å²) >= 11 is 1.62. The molecular weight excluding hydrogens is 418 g/mol. The van der Waals surface area contributed by atoms with Crippen LogP contribution in [0.3, 0.4) is 0 Å². The zero-order chi connectivity index (χ0) is 22.4. The van der Waals surface area contributed by atoms with Crippen LogP contribution in [0.2, 0.25) is 0 Å². The van der Waals surface area contributed by atoms with Crippen molar-refractivity contribution in [2.75, 3.05) is 13.1 Å². The fraction of sp³-hybridized carbons (Fsp3) is 0.762. The minimum absolute atomic E-state index is 0.0729. The quantitative estimate of drug-likeness (QED) is 0.226. The van der Waals surface area contributed by atoms with Gasteiger partial charge in [0, 0.05) is 41.2 Å². The third-order valence-corrected chi connectivity index (χ3v) is 8.88. The van der Waals surface area contributed by atoms with Gasteiger partial charge in [0.25, 0.3) is 0 Å². The van der Waals surface area contributed by atoms with Gasteiger partial charge in [0.1, 0.15) is 5.70 Å². The van der Waals surface area contributed by atoms with Gasteiger partial charge in [-0.05, 0) is 39.0 Å². The number of piperidine rings is 1. The van der Waals surface area contributed by atoms with E-state index in [1.807, 2.05) is 11.8 Å². The van der Waals surface area contributed by atoms with Crippen molar-refractivity contribution in [1.82, 2.24) is 15.1 Å². The van der Waals surface area contributed by atoms with Gasteiger partial charge in [0.05, 0.1) is 18.1 Å². The van der Waals surface area contributed by atoms with E-state index < -0.39 is 18.0 Å². The van der Waals surface area contributed by atoms with Gasteiger partial charge in [-0.2, -0.15) is 0 Å². The Morgan fingerprint density at radius 1 is 1.26 bits per heavy atom. The lowest BCUT2D eigenvalue weighted by atomic mass is 9.79. The van der Waals surface area contributed by atoms with E-state index in [2.05, 4.69) is 5.32 Å². The Kier molecular flexibility index (Phi) is 6.24. The lowest BCUT2D eigenvalue weighted by molar-refractivity contribution is -0.163. The van der Waals surface area contributed by atoms with E-state index in [1.54, 1.807) is 18.7 Å². The summed E-state index contributed by atoms with van der Waals surface area (Å²) in [7, 11) is 0. The summed E-state index contributed by atoms with van der Waals surface area (Å²) in [6.07, 6.45) is 4.20. The highest BCUT2D eigenvalue weighted by atomic mass is 32.2. The maximum Gasteiger partial charge on any atom is 0.353 e. The predicted molar refractivity (Wildman–Crippen MR) is 118 cm³/mol. The summed E-state index contributed by atoms with van der Waals surface area (Å²) in [5.41, 5.74) is 5.70. The monoisotopic (exact) mass is 451 g/mol. The number of fused-ring (bicyclic) bond motifs is 1. The minimum Gasteiger partial charge on any atom is -0.477 e. The predicted octanol–water partition coefficient (Wildman–Crippen LogP) is 0.742. The summed E-state index contributed by atoms with van der Waals surface area (Å²) in [6.45, 7) is 5.19. The Morgan fingerprint density at radius 3 is 2.52 bits per heavy atom. The number of rotatable bonds is 6. The normalized spacial score (nSPS) is 34.7. The van der Waals surface area contributed by atoms with Crippen molar-refractivity contribution in [3.05, 3.63) is 10.6 Å². The zero-order valence-electron chi connectivity index (χ0n) is 18.1. The van der Waals surface area contributed by atoms with E-state index in [0.717, 1.165) is 50.1 Å². The molecule has 0 unspecified atom stereocenters. The average Bonchev–Trinajstić information content (AvgIpc) is 3.23. The molecule has 3 heterocycles. The summed E-state index contributed by atoms with van der Waals surface area (Å²) in [4.78, 5) is 28.6. The van der Waals surface area contributed by atoms with Crippen molar-refractivity contribution in [1.29, 1.82) is 5.41 Å². The number of aliphatic carboxylic acids is 1. The molecule has 0 aromatic rings. The van der Waals surface area contributed by atoms with E-state index in [-0.39, 0.29) is 29.5 Å². The third-order valence-electron chi connectivity index (χ3n) is 7.30. The molecule has 6 N–H and O–H groups in total. The zero-order valence-corrected chi connectivity index (χ0v) is 18.9. The van der Waals surface area contributed by atoms with Crippen LogP contribution in [0.15, 0.2) is 10.6 Å². The van der Waals surface area contributed by atoms with E-state index in [9.17, 15) is 19.8 Å². The van der Waals surface area contributed by atoms with E-state index in [1.165, 1.54) is 4.90 Å². The number of nitrogens with one attached hydrogen (secondary N) is 2. The molecule has 0 radical (unpaired) electrons. The molecule has 31 heavy (non-hydrogen) atoms. The number of hydrogen-bond donors (Lipinski definition) is 5. The number of hydrogen-bond acceptors (Lipinski definition) is 6. The number of carbonyl (C=O) groups is 2. The van der Waals surface area contributed by atoms with Crippen molar-refractivity contribution >= 4 is 29.6 Å². The van der Waals surface area contributed by atoms with Gasteiger partial charge in [0.2, 0.25) is 5.91 Å². The Bertz CT molecular complexity index is 795. The molecule has 1 aliphatic carbocycles. The fourth-order valence-electron chi connectivity index (χ4n) is 5.68. The summed E-state index contributed by atoms with van der Waals surface area (Å²) < 4.78 is 0. The lowest BCUT2D eigenvalue weighted by Gasteiger charge is -2.46. The molecule has 1 amide bonds. The number of carboxylic acids is 1. The average molecular weight is 452 g/mol. The number of nitrogens with zero attached hydrogens (tertiary/aromatic N) is 2. The Hall–Kier alpha value is -1.78. The topological polar surface area (TPSA) is 143 Å². The molecule has 172 valence electrons. The highest BCUT2D eigenvalue weighted by Gasteiger charge is 2.60. The van der Waals surface area contributed by atoms with E-state index in [4.69, 9.17) is 11.1 Å². The Labute approximate surface area is 186 Å². The summed E-state index contributed by atoms with van der Waals surface area (Å²) in [6, 6.07) is 0.582. The number of nitrogens with two attached hydrogens (primary N) is 1. The van der Waals surface area contributed by atoms with Crippen molar-refractivity contribution in [3.63, 3.8) is 0 Å². The molecule has 2 saturated heterocycles. The number of guanidine groups is 1. The fourth-order valence-corrected chi connectivity index (χ4v) is 7.27. The molecule has 3 aliphatic heterocycles. The highest BCUT2D eigenvalue weighted by molar-refractivity contribution is 8.03. The van der Waals surface area contributed by atoms with Crippen LogP contribution in [0.25, 0.3) is 0 Å². The molecule has 0 aromatic carbocycles. The van der Waals surface area contributed by atoms with Crippen LogP contribution >= 0.6 is 11.8 Å². The minimum atomic E-state index is -1.06. The van der Waals surface area contributed by atoms with Crippen molar-refractivity contribution < 1.29 is 19.8 Å². The number of amides is 1. The Morgan fingerprint density at radius 2 is 1.94 bits per heavy atom. The second-order valence-electron chi connectivity index (χ2n) is 9.33. The van der Waals surface area contributed by atoms with Crippen molar-refractivity contribution in [2.45, 2.75) is 75.4 Å². The second-order valence-corrected chi connectivity index (χ2v) is 10.7. The van der Waals surface area contributed by atoms with Gasteiger partial charge in [-0.1, -0.05) is 6.92 Å². The number of β-lactam (4-membered cyclic amide) rings is 1. The number of carbonyl (C=O) groups excluding carboxylic acids is 1. The molecule has 0 bridgehead atoms. The molecule has 6 atom stereocenters. The van der Waals surface area contributed by atoms with Crippen LogP contribution in [0.1, 0.15) is 46.0 Å². The van der Waals surface area contributed by atoms with Gasteiger partial charge >= 0.3 is 5.97 Å². The van der Waals surface area contributed by atoms with Crippen molar-refractivity contribution in [2.24, 2.45) is 17.6 Å². The van der Waals surface area contributed by atoms with Crippen LogP contribution in [-0.4, -0.2) is 80.4 Å². The van der Waals surface area contributed by atoms with Crippen LogP contribution < -0.4 is 11.1 Å². The number of likely N-dealkylation sites (tertiary alicyclic amines) is 1. The molecule has 1 saturated carbocycles. The Balaban J connectivity index is 1.36.